The summed E-state index contributed by atoms with van der Waals surface area (Å²) < 4.78 is 5.06. The fourth-order valence-corrected chi connectivity index (χ4v) is 3.82. The molecule has 2 amide bonds. The zero-order chi connectivity index (χ0) is 23.2. The van der Waals surface area contributed by atoms with Crippen molar-refractivity contribution in [1.29, 1.82) is 0 Å². The molecule has 4 rings (SSSR count). The molecule has 0 bridgehead atoms. The van der Waals surface area contributed by atoms with Gasteiger partial charge in [0.1, 0.15) is 0 Å². The smallest absolute Gasteiger partial charge is 0.319 e. The number of carbonyl (C=O) groups excluding carboxylic acids is 2. The summed E-state index contributed by atoms with van der Waals surface area (Å²) in [5, 5.41) is 7.43. The Labute approximate surface area is 196 Å². The van der Waals surface area contributed by atoms with Crippen molar-refractivity contribution in [2.75, 3.05) is 11.9 Å². The van der Waals surface area contributed by atoms with Gasteiger partial charge >= 0.3 is 12.0 Å². The molecule has 7 heteroatoms. The van der Waals surface area contributed by atoms with E-state index in [0.29, 0.717) is 17.3 Å². The van der Waals surface area contributed by atoms with Gasteiger partial charge in [-0.05, 0) is 54.4 Å². The van der Waals surface area contributed by atoms with E-state index in [-0.39, 0.29) is 12.4 Å². The number of aromatic amines is 1. The van der Waals surface area contributed by atoms with Crippen LogP contribution in [0.5, 0.6) is 0 Å². The number of ether oxygens (including phenoxy) is 1. The number of esters is 1. The Morgan fingerprint density at radius 2 is 1.76 bits per heavy atom. The van der Waals surface area contributed by atoms with E-state index >= 15 is 0 Å². The maximum Gasteiger partial charge on any atom is 0.319 e. The van der Waals surface area contributed by atoms with Crippen molar-refractivity contribution < 1.29 is 14.3 Å². The van der Waals surface area contributed by atoms with Gasteiger partial charge in [-0.25, -0.2) is 4.79 Å². The van der Waals surface area contributed by atoms with Crippen LogP contribution in [0.15, 0.2) is 78.9 Å². The zero-order valence-electron chi connectivity index (χ0n) is 18.1. The van der Waals surface area contributed by atoms with Gasteiger partial charge in [0.25, 0.3) is 0 Å². The van der Waals surface area contributed by atoms with E-state index in [9.17, 15) is 9.59 Å². The number of halogens is 1. The van der Waals surface area contributed by atoms with Gasteiger partial charge in [0.15, 0.2) is 0 Å². The number of benzene rings is 3. The molecule has 0 aliphatic carbocycles. The van der Waals surface area contributed by atoms with Gasteiger partial charge in [-0.3, -0.25) is 4.79 Å². The number of hydrogen-bond acceptors (Lipinski definition) is 3. The topological polar surface area (TPSA) is 83.2 Å². The third-order valence-electron chi connectivity index (χ3n) is 5.22. The molecule has 0 radical (unpaired) electrons. The number of aromatic nitrogens is 1. The summed E-state index contributed by atoms with van der Waals surface area (Å²) in [7, 11) is 0. The van der Waals surface area contributed by atoms with Gasteiger partial charge in [0.2, 0.25) is 0 Å². The minimum atomic E-state index is -0.498. The summed E-state index contributed by atoms with van der Waals surface area (Å²) in [6, 6.07) is 23.7. The summed E-state index contributed by atoms with van der Waals surface area (Å²) in [6.45, 7) is 2.05. The SMILES string of the molecule is CCOC(=O)CC(NC(=O)Nc1ccc(-c2cc3cc(Cl)ccc3[nH]2)cc1)c1ccccc1. The molecule has 1 aromatic heterocycles. The molecular weight excluding hydrogens is 438 g/mol. The van der Waals surface area contributed by atoms with Gasteiger partial charge in [-0.2, -0.15) is 0 Å². The lowest BCUT2D eigenvalue weighted by molar-refractivity contribution is -0.143. The Balaban J connectivity index is 1.43. The van der Waals surface area contributed by atoms with E-state index < -0.39 is 12.1 Å². The number of fused-ring (bicyclic) bond motifs is 1. The van der Waals surface area contributed by atoms with Crippen molar-refractivity contribution >= 4 is 40.2 Å². The molecule has 3 aromatic carbocycles. The molecule has 4 aromatic rings. The maximum atomic E-state index is 12.6. The van der Waals surface area contributed by atoms with Crippen LogP contribution < -0.4 is 10.6 Å². The fourth-order valence-electron chi connectivity index (χ4n) is 3.64. The first-order valence-electron chi connectivity index (χ1n) is 10.7. The number of hydrogen-bond donors (Lipinski definition) is 3. The second-order valence-electron chi connectivity index (χ2n) is 7.56. The predicted molar refractivity (Wildman–Crippen MR) is 131 cm³/mol. The summed E-state index contributed by atoms with van der Waals surface area (Å²) in [5.41, 5.74) is 4.41. The minimum Gasteiger partial charge on any atom is -0.466 e. The van der Waals surface area contributed by atoms with Crippen LogP contribution >= 0.6 is 11.6 Å². The standard InChI is InChI=1S/C26H24ClN3O3/c1-2-33-25(31)16-24(17-6-4-3-5-7-17)30-26(32)28-21-11-8-18(9-12-21)23-15-19-14-20(27)10-13-22(19)29-23/h3-15,24,29H,2,16H2,1H3,(H2,28,30,32). The molecule has 168 valence electrons. The molecule has 1 unspecified atom stereocenters. The largest absolute Gasteiger partial charge is 0.466 e. The molecule has 0 saturated heterocycles. The quantitative estimate of drug-likeness (QED) is 0.282. The van der Waals surface area contributed by atoms with Gasteiger partial charge in [0, 0.05) is 27.3 Å². The van der Waals surface area contributed by atoms with Gasteiger partial charge < -0.3 is 20.4 Å². The summed E-state index contributed by atoms with van der Waals surface area (Å²) in [4.78, 5) is 28.0. The van der Waals surface area contributed by atoms with Gasteiger partial charge in [0.05, 0.1) is 19.1 Å². The van der Waals surface area contributed by atoms with Crippen LogP contribution in [0.25, 0.3) is 22.2 Å². The van der Waals surface area contributed by atoms with Crippen LogP contribution in [-0.2, 0) is 9.53 Å². The lowest BCUT2D eigenvalue weighted by Gasteiger charge is -2.19. The number of nitrogens with one attached hydrogen (secondary N) is 3. The highest BCUT2D eigenvalue weighted by Gasteiger charge is 2.19. The van der Waals surface area contributed by atoms with E-state index in [0.717, 1.165) is 27.7 Å². The second-order valence-corrected chi connectivity index (χ2v) is 8.00. The van der Waals surface area contributed by atoms with Crippen molar-refractivity contribution in [2.24, 2.45) is 0 Å². The summed E-state index contributed by atoms with van der Waals surface area (Å²) in [5.74, 6) is -0.365. The van der Waals surface area contributed by atoms with Crippen molar-refractivity contribution in [1.82, 2.24) is 10.3 Å². The van der Waals surface area contributed by atoms with Crippen LogP contribution in [-0.4, -0.2) is 23.6 Å². The third kappa shape index (κ3) is 5.73. The molecule has 0 aliphatic rings. The van der Waals surface area contributed by atoms with Gasteiger partial charge in [-0.15, -0.1) is 0 Å². The molecule has 0 saturated carbocycles. The molecule has 3 N–H and O–H groups in total. The lowest BCUT2D eigenvalue weighted by Crippen LogP contribution is -2.34. The molecule has 0 fully saturated rings. The highest BCUT2D eigenvalue weighted by molar-refractivity contribution is 6.31. The van der Waals surface area contributed by atoms with E-state index in [4.69, 9.17) is 16.3 Å². The van der Waals surface area contributed by atoms with Crippen LogP contribution in [0, 0.1) is 0 Å². The highest BCUT2D eigenvalue weighted by atomic mass is 35.5. The van der Waals surface area contributed by atoms with Crippen LogP contribution in [0.3, 0.4) is 0 Å². The van der Waals surface area contributed by atoms with Crippen molar-refractivity contribution in [3.8, 4) is 11.3 Å². The van der Waals surface area contributed by atoms with Crippen molar-refractivity contribution in [2.45, 2.75) is 19.4 Å². The molecule has 1 atom stereocenters. The first-order chi connectivity index (χ1) is 16.0. The Morgan fingerprint density at radius 3 is 2.48 bits per heavy atom. The number of rotatable bonds is 7. The maximum absolute atomic E-state index is 12.6. The minimum absolute atomic E-state index is 0.0502. The molecule has 33 heavy (non-hydrogen) atoms. The van der Waals surface area contributed by atoms with Crippen molar-refractivity contribution in [3.63, 3.8) is 0 Å². The molecule has 6 nitrogen and oxygen atoms in total. The second kappa shape index (κ2) is 10.2. The molecular formula is C26H24ClN3O3. The number of urea groups is 1. The Bertz CT molecular complexity index is 1250. The van der Waals surface area contributed by atoms with E-state index in [1.54, 1.807) is 6.92 Å². The third-order valence-corrected chi connectivity index (χ3v) is 5.46. The summed E-state index contributed by atoms with van der Waals surface area (Å²) >= 11 is 6.08. The van der Waals surface area contributed by atoms with Gasteiger partial charge in [-0.1, -0.05) is 54.1 Å². The zero-order valence-corrected chi connectivity index (χ0v) is 18.9. The van der Waals surface area contributed by atoms with Crippen molar-refractivity contribution in [3.05, 3.63) is 89.4 Å². The Hall–Kier alpha value is -3.77. The Kier molecular flexibility index (Phi) is 6.95. The normalized spacial score (nSPS) is 11.7. The fraction of sp³-hybridized carbons (Fsp3) is 0.154. The molecule has 0 aliphatic heterocycles. The number of carbonyl (C=O) groups is 2. The lowest BCUT2D eigenvalue weighted by atomic mass is 10.0. The predicted octanol–water partition coefficient (Wildman–Crippen LogP) is 6.30. The number of amides is 2. The number of H-pyrrole nitrogens is 1. The van der Waals surface area contributed by atoms with E-state index in [1.807, 2.05) is 78.9 Å². The first-order valence-corrected chi connectivity index (χ1v) is 11.1. The first kappa shape index (κ1) is 22.4. The number of anilines is 1. The summed E-state index contributed by atoms with van der Waals surface area (Å²) in [6.07, 6.45) is 0.0502. The van der Waals surface area contributed by atoms with E-state index in [1.165, 1.54) is 0 Å². The highest BCUT2D eigenvalue weighted by Crippen LogP contribution is 2.27. The van der Waals surface area contributed by atoms with Crippen LogP contribution in [0.2, 0.25) is 5.02 Å². The Morgan fingerprint density at radius 1 is 1.00 bits per heavy atom. The monoisotopic (exact) mass is 461 g/mol. The average molecular weight is 462 g/mol. The van der Waals surface area contributed by atoms with Crippen LogP contribution in [0.4, 0.5) is 10.5 Å². The molecule has 1 heterocycles. The van der Waals surface area contributed by atoms with E-state index in [2.05, 4.69) is 15.6 Å². The molecule has 0 spiro atoms. The van der Waals surface area contributed by atoms with Crippen LogP contribution in [0.1, 0.15) is 24.9 Å². The average Bonchev–Trinajstić information content (AvgIpc) is 3.23.